The zero-order valence-corrected chi connectivity index (χ0v) is 32.5. The number of anilines is 1. The van der Waals surface area contributed by atoms with E-state index in [0.717, 1.165) is 13.0 Å². The molecule has 1 saturated carbocycles. The van der Waals surface area contributed by atoms with Crippen LogP contribution in [0, 0.1) is 54.4 Å². The highest BCUT2D eigenvalue weighted by Crippen LogP contribution is 2.36. The summed E-state index contributed by atoms with van der Waals surface area (Å²) in [5.41, 5.74) is 18.4. The summed E-state index contributed by atoms with van der Waals surface area (Å²) < 4.78 is 0. The van der Waals surface area contributed by atoms with E-state index < -0.39 is 0 Å². The average molecular weight is 717 g/mol. The highest BCUT2D eigenvalue weighted by Gasteiger charge is 2.27. The van der Waals surface area contributed by atoms with Crippen molar-refractivity contribution in [3.8, 4) is 22.3 Å². The first kappa shape index (κ1) is 40.1. The molecule has 49 heavy (non-hydrogen) atoms. The predicted molar refractivity (Wildman–Crippen MR) is 216 cm³/mol. The van der Waals surface area contributed by atoms with Crippen molar-refractivity contribution in [2.45, 2.75) is 93.2 Å². The van der Waals surface area contributed by atoms with Gasteiger partial charge in [-0.05, 0) is 166 Å². The lowest BCUT2D eigenvalue weighted by Crippen LogP contribution is -2.38. The number of nitrogens with zero attached hydrogens (tertiary/aromatic N) is 3. The second-order valence-corrected chi connectivity index (χ2v) is 13.9. The van der Waals surface area contributed by atoms with E-state index in [2.05, 4.69) is 131 Å². The van der Waals surface area contributed by atoms with Crippen LogP contribution in [0.4, 0.5) is 5.69 Å². The van der Waals surface area contributed by atoms with Gasteiger partial charge in [-0.25, -0.2) is 0 Å². The number of hydrogen-bond acceptors (Lipinski definition) is 3. The van der Waals surface area contributed by atoms with Crippen molar-refractivity contribution < 1.29 is 0 Å². The molecule has 2 heterocycles. The minimum atomic E-state index is 0. The molecule has 0 spiro atoms. The summed E-state index contributed by atoms with van der Waals surface area (Å²) in [6.07, 6.45) is 14.2. The van der Waals surface area contributed by atoms with Crippen LogP contribution < -0.4 is 4.90 Å². The molecule has 0 N–H and O–H groups in total. The number of aromatic nitrogens is 2. The molecule has 2 aromatic heterocycles. The molecular weight excluding hydrogens is 665 g/mol. The van der Waals surface area contributed by atoms with Crippen LogP contribution in [0.2, 0.25) is 0 Å². The van der Waals surface area contributed by atoms with Crippen LogP contribution in [-0.2, 0) is 13.0 Å². The lowest BCUT2D eigenvalue weighted by atomic mass is 9.81. The SMILES string of the molecule is Cc1ccccc1N(Cc1cncc(-c2cc(C)c(C)c(C)c2)c1)C1CCC(Cc2cncc(-c3cc(C)c(C)c(C)c3)c2)CC1.Cl.Cl.Cl. The van der Waals surface area contributed by atoms with Gasteiger partial charge in [-0.2, -0.15) is 0 Å². The first-order valence-corrected chi connectivity index (χ1v) is 17.0. The van der Waals surface area contributed by atoms with Crippen LogP contribution in [0.15, 0.2) is 85.5 Å². The first-order chi connectivity index (χ1) is 22.2. The van der Waals surface area contributed by atoms with Crippen LogP contribution in [-0.4, -0.2) is 16.0 Å². The minimum absolute atomic E-state index is 0. The number of aryl methyl sites for hydroxylation is 5. The highest BCUT2D eigenvalue weighted by molar-refractivity contribution is 5.86. The predicted octanol–water partition coefficient (Wildman–Crippen LogP) is 12.0. The summed E-state index contributed by atoms with van der Waals surface area (Å²) in [5, 5.41) is 0. The molecule has 1 fully saturated rings. The third-order valence-electron chi connectivity index (χ3n) is 10.7. The molecule has 0 bridgehead atoms. The zero-order chi connectivity index (χ0) is 32.4. The van der Waals surface area contributed by atoms with E-state index in [1.807, 2.05) is 12.4 Å². The van der Waals surface area contributed by atoms with Crippen LogP contribution >= 0.6 is 37.2 Å². The number of rotatable bonds is 8. The zero-order valence-electron chi connectivity index (χ0n) is 30.0. The Bertz CT molecular complexity index is 1810. The fraction of sp³-hybridized carbons (Fsp3) is 0.349. The molecule has 6 heteroatoms. The number of pyridine rings is 2. The Morgan fingerprint density at radius 2 is 1.00 bits per heavy atom. The van der Waals surface area contributed by atoms with E-state index >= 15 is 0 Å². The van der Waals surface area contributed by atoms with Gasteiger partial charge in [-0.1, -0.05) is 42.5 Å². The van der Waals surface area contributed by atoms with Crippen molar-refractivity contribution in [1.29, 1.82) is 0 Å². The number of para-hydroxylation sites is 1. The maximum atomic E-state index is 4.73. The summed E-state index contributed by atoms with van der Waals surface area (Å²) in [5.74, 6) is 0.687. The van der Waals surface area contributed by atoms with Crippen molar-refractivity contribution in [2.75, 3.05) is 4.90 Å². The quantitative estimate of drug-likeness (QED) is 0.160. The van der Waals surface area contributed by atoms with Crippen LogP contribution in [0.25, 0.3) is 22.3 Å². The second-order valence-electron chi connectivity index (χ2n) is 13.9. The lowest BCUT2D eigenvalue weighted by Gasteiger charge is -2.39. The second kappa shape index (κ2) is 17.5. The Morgan fingerprint density at radius 3 is 1.51 bits per heavy atom. The van der Waals surface area contributed by atoms with E-state index in [4.69, 9.17) is 4.98 Å². The Morgan fingerprint density at radius 1 is 0.531 bits per heavy atom. The summed E-state index contributed by atoms with van der Waals surface area (Å²) in [7, 11) is 0. The third kappa shape index (κ3) is 9.25. The molecule has 5 aromatic rings. The molecule has 0 radical (unpaired) electrons. The lowest BCUT2D eigenvalue weighted by molar-refractivity contribution is 0.312. The van der Waals surface area contributed by atoms with Gasteiger partial charge in [0.2, 0.25) is 0 Å². The molecule has 0 unspecified atom stereocenters. The fourth-order valence-electron chi connectivity index (χ4n) is 7.38. The van der Waals surface area contributed by atoms with E-state index in [9.17, 15) is 0 Å². The van der Waals surface area contributed by atoms with E-state index in [1.165, 1.54) is 104 Å². The molecule has 1 aliphatic rings. The van der Waals surface area contributed by atoms with Crippen molar-refractivity contribution in [1.82, 2.24) is 9.97 Å². The minimum Gasteiger partial charge on any atom is -0.364 e. The Hall–Kier alpha value is -3.37. The van der Waals surface area contributed by atoms with Gasteiger partial charge in [0.05, 0.1) is 0 Å². The molecule has 0 amide bonds. The van der Waals surface area contributed by atoms with Gasteiger partial charge >= 0.3 is 0 Å². The van der Waals surface area contributed by atoms with Gasteiger partial charge in [0, 0.05) is 54.2 Å². The highest BCUT2D eigenvalue weighted by atomic mass is 35.5. The van der Waals surface area contributed by atoms with Crippen LogP contribution in [0.3, 0.4) is 0 Å². The molecule has 0 aliphatic heterocycles. The molecular formula is C43H52Cl3N3. The normalized spacial score (nSPS) is 15.4. The van der Waals surface area contributed by atoms with E-state index in [0.29, 0.717) is 12.0 Å². The molecule has 1 aliphatic carbocycles. The van der Waals surface area contributed by atoms with Crippen molar-refractivity contribution in [2.24, 2.45) is 5.92 Å². The number of benzene rings is 3. The average Bonchev–Trinajstić information content (AvgIpc) is 3.05. The summed E-state index contributed by atoms with van der Waals surface area (Å²) >= 11 is 0. The van der Waals surface area contributed by atoms with Gasteiger partial charge in [0.15, 0.2) is 0 Å². The van der Waals surface area contributed by atoms with Gasteiger partial charge in [-0.3, -0.25) is 9.97 Å². The van der Waals surface area contributed by atoms with Crippen molar-refractivity contribution >= 4 is 42.9 Å². The Labute approximate surface area is 313 Å². The van der Waals surface area contributed by atoms with Crippen LogP contribution in [0.5, 0.6) is 0 Å². The third-order valence-corrected chi connectivity index (χ3v) is 10.7. The summed E-state index contributed by atoms with van der Waals surface area (Å²) in [6.45, 7) is 16.4. The van der Waals surface area contributed by atoms with Gasteiger partial charge in [-0.15, -0.1) is 37.2 Å². The summed E-state index contributed by atoms with van der Waals surface area (Å²) in [4.78, 5) is 12.1. The Balaban J connectivity index is 0.00000217. The molecule has 0 saturated heterocycles. The fourth-order valence-corrected chi connectivity index (χ4v) is 7.38. The molecule has 3 nitrogen and oxygen atoms in total. The molecule has 3 aromatic carbocycles. The maximum Gasteiger partial charge on any atom is 0.0448 e. The standard InChI is InChI=1S/C43H49N3.3ClH/c1-28-10-8-9-11-43(28)46(27-37-22-41(26-45-24-37)39-18-31(4)34(7)32(5)19-39)42-14-12-35(13-15-42)20-36-21-40(25-44-23-36)38-16-29(2)33(6)30(3)17-38;;;/h8-11,16-19,21-26,35,42H,12-15,20,27H2,1-7H3;3*1H. The first-order valence-electron chi connectivity index (χ1n) is 17.0. The summed E-state index contributed by atoms with van der Waals surface area (Å²) in [6, 6.07) is 23.3. The van der Waals surface area contributed by atoms with Gasteiger partial charge < -0.3 is 4.90 Å². The number of halogens is 3. The van der Waals surface area contributed by atoms with Gasteiger partial charge in [0.25, 0.3) is 0 Å². The smallest absolute Gasteiger partial charge is 0.0448 e. The largest absolute Gasteiger partial charge is 0.364 e. The van der Waals surface area contributed by atoms with Crippen molar-refractivity contribution in [3.05, 3.63) is 136 Å². The topological polar surface area (TPSA) is 29.0 Å². The molecule has 260 valence electrons. The molecule has 6 rings (SSSR count). The van der Waals surface area contributed by atoms with Crippen molar-refractivity contribution in [3.63, 3.8) is 0 Å². The monoisotopic (exact) mass is 715 g/mol. The van der Waals surface area contributed by atoms with Crippen LogP contribution in [0.1, 0.15) is 75.8 Å². The Kier molecular flexibility index (Phi) is 14.3. The van der Waals surface area contributed by atoms with E-state index in [1.54, 1.807) is 0 Å². The molecule has 0 atom stereocenters. The van der Waals surface area contributed by atoms with E-state index in [-0.39, 0.29) is 37.2 Å². The number of hydrogen-bond donors (Lipinski definition) is 0. The van der Waals surface area contributed by atoms with Gasteiger partial charge in [0.1, 0.15) is 0 Å². The maximum absolute atomic E-state index is 4.73.